The van der Waals surface area contributed by atoms with Gasteiger partial charge in [0.25, 0.3) is 11.8 Å². The van der Waals surface area contributed by atoms with E-state index in [0.29, 0.717) is 21.5 Å². The second-order valence-electron chi connectivity index (χ2n) is 6.37. The van der Waals surface area contributed by atoms with Gasteiger partial charge in [0.15, 0.2) is 5.11 Å². The Balaban J connectivity index is 0.00000117. The number of fused-ring (bicyclic) bond motifs is 1. The van der Waals surface area contributed by atoms with Gasteiger partial charge in [0.1, 0.15) is 11.7 Å². The summed E-state index contributed by atoms with van der Waals surface area (Å²) in [4.78, 5) is 36.3. The first-order valence-corrected chi connectivity index (χ1v) is 10.4. The van der Waals surface area contributed by atoms with Crippen molar-refractivity contribution in [3.05, 3.63) is 47.5 Å². The van der Waals surface area contributed by atoms with Gasteiger partial charge in [-0.1, -0.05) is 25.4 Å². The van der Waals surface area contributed by atoms with Crippen LogP contribution in [0.5, 0.6) is 0 Å². The smallest absolute Gasteiger partial charge is 0.275 e. The fourth-order valence-corrected chi connectivity index (χ4v) is 4.06. The van der Waals surface area contributed by atoms with Crippen LogP contribution in [-0.4, -0.2) is 44.4 Å². The number of thiocarbonyl (C=S) groups is 1. The number of nitrogens with zero attached hydrogens (tertiary/aromatic N) is 4. The van der Waals surface area contributed by atoms with Crippen LogP contribution >= 0.6 is 23.8 Å². The number of piperidine rings is 1. The number of rotatable bonds is 3. The van der Waals surface area contributed by atoms with E-state index in [2.05, 4.69) is 15.3 Å². The third kappa shape index (κ3) is 4.23. The van der Waals surface area contributed by atoms with Crippen LogP contribution in [0.4, 0.5) is 11.4 Å². The first-order valence-electron chi connectivity index (χ1n) is 9.58. The van der Waals surface area contributed by atoms with Gasteiger partial charge in [-0.25, -0.2) is 4.98 Å². The molecule has 2 aliphatic rings. The minimum Gasteiger partial charge on any atom is -0.336 e. The standard InChI is InChI=1S/C18H16ClN5O2S.C2H6/c19-12-9-11(22-16(25)13-10-20-6-7-21-13)4-5-14(12)24-17(26)15-3-1-2-8-23(15)18(24)27;1-2/h4-7,9-10,15H,1-3,8H2,(H,22,25);1-2H3. The van der Waals surface area contributed by atoms with Gasteiger partial charge in [-0.3, -0.25) is 19.5 Å². The third-order valence-electron chi connectivity index (χ3n) is 4.69. The van der Waals surface area contributed by atoms with Gasteiger partial charge in [-0.05, 0) is 49.7 Å². The molecule has 9 heteroatoms. The summed E-state index contributed by atoms with van der Waals surface area (Å²) in [6.07, 6.45) is 7.16. The minimum absolute atomic E-state index is 0.0436. The van der Waals surface area contributed by atoms with E-state index in [9.17, 15) is 9.59 Å². The third-order valence-corrected chi connectivity index (χ3v) is 5.41. The van der Waals surface area contributed by atoms with Gasteiger partial charge in [0.2, 0.25) is 0 Å². The molecule has 1 aromatic carbocycles. The van der Waals surface area contributed by atoms with Gasteiger partial charge in [-0.15, -0.1) is 0 Å². The fraction of sp³-hybridized carbons (Fsp3) is 0.350. The lowest BCUT2D eigenvalue weighted by Gasteiger charge is -2.28. The number of halogens is 1. The van der Waals surface area contributed by atoms with Gasteiger partial charge in [0, 0.05) is 24.6 Å². The zero-order valence-electron chi connectivity index (χ0n) is 16.3. The van der Waals surface area contributed by atoms with Gasteiger partial charge < -0.3 is 10.2 Å². The first kappa shape index (κ1) is 21.1. The predicted octanol–water partition coefficient (Wildman–Crippen LogP) is 3.89. The summed E-state index contributed by atoms with van der Waals surface area (Å²) < 4.78 is 0. The summed E-state index contributed by atoms with van der Waals surface area (Å²) in [7, 11) is 0. The summed E-state index contributed by atoms with van der Waals surface area (Å²) in [6, 6.07) is 4.77. The molecule has 2 fully saturated rings. The molecule has 1 N–H and O–H groups in total. The number of nitrogens with one attached hydrogen (secondary N) is 1. The second kappa shape index (κ2) is 9.28. The highest BCUT2D eigenvalue weighted by Crippen LogP contribution is 2.36. The van der Waals surface area contributed by atoms with E-state index in [-0.39, 0.29) is 17.6 Å². The van der Waals surface area contributed by atoms with Gasteiger partial charge in [0.05, 0.1) is 16.9 Å². The van der Waals surface area contributed by atoms with Crippen LogP contribution < -0.4 is 10.2 Å². The summed E-state index contributed by atoms with van der Waals surface area (Å²) in [5, 5.41) is 3.54. The lowest BCUT2D eigenvalue weighted by atomic mass is 10.0. The summed E-state index contributed by atoms with van der Waals surface area (Å²) >= 11 is 11.9. The molecule has 152 valence electrons. The molecular formula is C20H22ClN5O2S. The molecule has 1 atom stereocenters. The fourth-order valence-electron chi connectivity index (χ4n) is 3.39. The quantitative estimate of drug-likeness (QED) is 0.742. The van der Waals surface area contributed by atoms with E-state index in [1.165, 1.54) is 23.5 Å². The van der Waals surface area contributed by atoms with Crippen LogP contribution in [-0.2, 0) is 4.79 Å². The topological polar surface area (TPSA) is 78.4 Å². The summed E-state index contributed by atoms with van der Waals surface area (Å²) in [5.74, 6) is -0.435. The van der Waals surface area contributed by atoms with Crippen molar-refractivity contribution in [2.75, 3.05) is 16.8 Å². The van der Waals surface area contributed by atoms with Crippen LogP contribution in [0, 0.1) is 0 Å². The minimum atomic E-state index is -0.392. The zero-order valence-corrected chi connectivity index (χ0v) is 17.8. The number of amides is 2. The molecular weight excluding hydrogens is 410 g/mol. The number of hydrogen-bond acceptors (Lipinski definition) is 5. The number of carbonyl (C=O) groups is 2. The Morgan fingerprint density at radius 2 is 2.07 bits per heavy atom. The van der Waals surface area contributed by atoms with E-state index >= 15 is 0 Å². The Morgan fingerprint density at radius 3 is 2.72 bits per heavy atom. The summed E-state index contributed by atoms with van der Waals surface area (Å²) in [5.41, 5.74) is 1.22. The molecule has 0 aliphatic carbocycles. The molecule has 2 amide bonds. The van der Waals surface area contributed by atoms with Crippen molar-refractivity contribution in [3.63, 3.8) is 0 Å². The molecule has 2 aliphatic heterocycles. The second-order valence-corrected chi connectivity index (χ2v) is 7.14. The lowest BCUT2D eigenvalue weighted by molar-refractivity contribution is -0.120. The molecule has 3 heterocycles. The molecule has 0 radical (unpaired) electrons. The van der Waals surface area contributed by atoms with E-state index in [0.717, 1.165) is 25.8 Å². The van der Waals surface area contributed by atoms with Crippen molar-refractivity contribution < 1.29 is 9.59 Å². The number of hydrogen-bond donors (Lipinski definition) is 1. The maximum absolute atomic E-state index is 12.8. The summed E-state index contributed by atoms with van der Waals surface area (Å²) in [6.45, 7) is 4.79. The number of aromatic nitrogens is 2. The highest BCUT2D eigenvalue weighted by Gasteiger charge is 2.44. The maximum atomic E-state index is 12.8. The lowest BCUT2D eigenvalue weighted by Crippen LogP contribution is -2.38. The molecule has 2 aromatic rings. The van der Waals surface area contributed by atoms with E-state index < -0.39 is 5.91 Å². The van der Waals surface area contributed by atoms with Crippen LogP contribution in [0.15, 0.2) is 36.8 Å². The normalized spacial score (nSPS) is 18.1. The number of benzene rings is 1. The maximum Gasteiger partial charge on any atom is 0.275 e. The van der Waals surface area contributed by atoms with Crippen LogP contribution in [0.3, 0.4) is 0 Å². The van der Waals surface area contributed by atoms with Crippen molar-refractivity contribution >= 4 is 52.1 Å². The molecule has 0 bridgehead atoms. The van der Waals surface area contributed by atoms with E-state index in [1.54, 1.807) is 18.2 Å². The first-order chi connectivity index (χ1) is 14.1. The zero-order chi connectivity index (χ0) is 21.0. The van der Waals surface area contributed by atoms with Gasteiger partial charge in [-0.2, -0.15) is 0 Å². The largest absolute Gasteiger partial charge is 0.336 e. The monoisotopic (exact) mass is 431 g/mol. The van der Waals surface area contributed by atoms with E-state index in [1.807, 2.05) is 18.7 Å². The molecule has 0 saturated carbocycles. The highest BCUT2D eigenvalue weighted by molar-refractivity contribution is 7.80. The Bertz CT molecular complexity index is 900. The van der Waals surface area contributed by atoms with Crippen molar-refractivity contribution in [2.45, 2.75) is 39.2 Å². The molecule has 1 aromatic heterocycles. The average Bonchev–Trinajstić information content (AvgIpc) is 3.01. The molecule has 7 nitrogen and oxygen atoms in total. The molecule has 0 spiro atoms. The number of carbonyl (C=O) groups excluding carboxylic acids is 2. The number of anilines is 2. The van der Waals surface area contributed by atoms with Crippen molar-refractivity contribution in [1.29, 1.82) is 0 Å². The van der Waals surface area contributed by atoms with Crippen molar-refractivity contribution in [3.8, 4) is 0 Å². The Morgan fingerprint density at radius 1 is 1.28 bits per heavy atom. The Kier molecular flexibility index (Phi) is 6.76. The Hall–Kier alpha value is -2.58. The van der Waals surface area contributed by atoms with Gasteiger partial charge >= 0.3 is 0 Å². The molecule has 1 unspecified atom stereocenters. The van der Waals surface area contributed by atoms with Crippen LogP contribution in [0.25, 0.3) is 0 Å². The van der Waals surface area contributed by atoms with Crippen molar-refractivity contribution in [2.24, 2.45) is 0 Å². The average molecular weight is 432 g/mol. The SMILES string of the molecule is CC.O=C(Nc1ccc(N2C(=O)C3CCCCN3C2=S)c(Cl)c1)c1cnccn1. The van der Waals surface area contributed by atoms with Crippen LogP contribution in [0.2, 0.25) is 5.02 Å². The molecule has 4 rings (SSSR count). The predicted molar refractivity (Wildman–Crippen MR) is 117 cm³/mol. The molecule has 29 heavy (non-hydrogen) atoms. The highest BCUT2D eigenvalue weighted by atomic mass is 35.5. The Labute approximate surface area is 180 Å². The van der Waals surface area contributed by atoms with E-state index in [4.69, 9.17) is 23.8 Å². The molecule has 2 saturated heterocycles. The van der Waals surface area contributed by atoms with Crippen molar-refractivity contribution in [1.82, 2.24) is 14.9 Å². The van der Waals surface area contributed by atoms with Crippen LogP contribution in [0.1, 0.15) is 43.6 Å².